The molecule has 13 heavy (non-hydrogen) atoms. The van der Waals surface area contributed by atoms with Crippen molar-refractivity contribution in [3.63, 3.8) is 0 Å². The Kier molecular flexibility index (Phi) is 3.04. The summed E-state index contributed by atoms with van der Waals surface area (Å²) in [6, 6.07) is 10.8. The van der Waals surface area contributed by atoms with E-state index < -0.39 is 0 Å². The topological polar surface area (TPSA) is 0 Å². The third-order valence-electron chi connectivity index (χ3n) is 2.57. The van der Waals surface area contributed by atoms with Crippen LogP contribution in [0.15, 0.2) is 40.0 Å². The highest BCUT2D eigenvalue weighted by Crippen LogP contribution is 2.37. The lowest BCUT2D eigenvalue weighted by Crippen LogP contribution is -2.02. The normalized spacial score (nSPS) is 22.5. The van der Waals surface area contributed by atoms with Crippen molar-refractivity contribution in [1.29, 1.82) is 0 Å². The quantitative estimate of drug-likeness (QED) is 0.675. The molecule has 1 atom stereocenters. The van der Waals surface area contributed by atoms with Crippen LogP contribution in [-0.4, -0.2) is 0 Å². The molecule has 0 radical (unpaired) electrons. The Bertz CT molecular complexity index is 300. The number of rotatable bonds is 1. The van der Waals surface area contributed by atoms with Gasteiger partial charge >= 0.3 is 0 Å². The average Bonchev–Trinajstić information content (AvgIpc) is 2.20. The van der Waals surface area contributed by atoms with Crippen molar-refractivity contribution in [2.45, 2.75) is 25.2 Å². The van der Waals surface area contributed by atoms with Gasteiger partial charge in [0.1, 0.15) is 0 Å². The van der Waals surface area contributed by atoms with E-state index in [1.807, 2.05) is 0 Å². The molecule has 1 aliphatic rings. The van der Waals surface area contributed by atoms with Gasteiger partial charge in [-0.25, -0.2) is 0 Å². The number of halogens is 1. The molecular formula is C12H13I. The third-order valence-corrected chi connectivity index (χ3v) is 3.76. The molecule has 0 aliphatic heterocycles. The van der Waals surface area contributed by atoms with Crippen LogP contribution in [0.5, 0.6) is 0 Å². The lowest BCUT2D eigenvalue weighted by Gasteiger charge is -2.20. The van der Waals surface area contributed by atoms with Gasteiger partial charge in [-0.1, -0.05) is 36.4 Å². The Hall–Kier alpha value is -0.310. The summed E-state index contributed by atoms with van der Waals surface area (Å²) in [6.07, 6.45) is 6.30. The predicted molar refractivity (Wildman–Crippen MR) is 65.1 cm³/mol. The van der Waals surface area contributed by atoms with Crippen molar-refractivity contribution in [2.75, 3.05) is 0 Å². The Morgan fingerprint density at radius 3 is 2.62 bits per heavy atom. The second-order valence-corrected chi connectivity index (χ2v) is 4.73. The first kappa shape index (κ1) is 9.25. The Morgan fingerprint density at radius 1 is 1.15 bits per heavy atom. The minimum atomic E-state index is 0.676. The second-order valence-electron chi connectivity index (χ2n) is 3.48. The molecule has 0 bridgehead atoms. The van der Waals surface area contributed by atoms with Crippen molar-refractivity contribution in [1.82, 2.24) is 0 Å². The lowest BCUT2D eigenvalue weighted by molar-refractivity contribution is 0.651. The van der Waals surface area contributed by atoms with Crippen molar-refractivity contribution in [2.24, 2.45) is 0 Å². The molecule has 1 aromatic rings. The van der Waals surface area contributed by atoms with Crippen molar-refractivity contribution in [3.8, 4) is 0 Å². The van der Waals surface area contributed by atoms with E-state index in [9.17, 15) is 0 Å². The summed E-state index contributed by atoms with van der Waals surface area (Å²) in [7, 11) is 0. The van der Waals surface area contributed by atoms with Crippen LogP contribution < -0.4 is 0 Å². The molecule has 0 N–H and O–H groups in total. The Morgan fingerprint density at radius 2 is 1.92 bits per heavy atom. The van der Waals surface area contributed by atoms with E-state index in [1.54, 1.807) is 0 Å². The number of benzene rings is 1. The smallest absolute Gasteiger partial charge is 0.0144 e. The Labute approximate surface area is 93.2 Å². The van der Waals surface area contributed by atoms with Gasteiger partial charge in [-0.15, -0.1) is 0 Å². The molecule has 2 rings (SSSR count). The molecule has 0 fully saturated rings. The maximum Gasteiger partial charge on any atom is 0.0144 e. The molecule has 0 aromatic heterocycles. The van der Waals surface area contributed by atoms with Gasteiger partial charge in [-0.3, -0.25) is 0 Å². The number of allylic oxidation sites excluding steroid dienone is 2. The summed E-state index contributed by atoms with van der Waals surface area (Å²) in [4.78, 5) is 0. The van der Waals surface area contributed by atoms with Crippen molar-refractivity contribution < 1.29 is 0 Å². The van der Waals surface area contributed by atoms with E-state index in [2.05, 4.69) is 59.0 Å². The van der Waals surface area contributed by atoms with Gasteiger partial charge < -0.3 is 0 Å². The zero-order valence-electron chi connectivity index (χ0n) is 7.54. The van der Waals surface area contributed by atoms with E-state index in [-0.39, 0.29) is 0 Å². The van der Waals surface area contributed by atoms with E-state index in [0.717, 1.165) is 0 Å². The van der Waals surface area contributed by atoms with Gasteiger partial charge in [0.05, 0.1) is 0 Å². The van der Waals surface area contributed by atoms with Gasteiger partial charge in [0.15, 0.2) is 0 Å². The van der Waals surface area contributed by atoms with Crippen molar-refractivity contribution >= 4 is 22.6 Å². The third kappa shape index (κ3) is 2.13. The van der Waals surface area contributed by atoms with Gasteiger partial charge in [-0.05, 0) is 51.0 Å². The van der Waals surface area contributed by atoms with Crippen LogP contribution in [0.1, 0.15) is 30.7 Å². The maximum absolute atomic E-state index is 2.48. The fraction of sp³-hybridized carbons (Fsp3) is 0.333. The standard InChI is InChI=1S/C12H13I/c13-12-9-5-4-8-11(12)10-6-2-1-3-7-10/h1-3,6-7,9,11H,4-5,8H2. The van der Waals surface area contributed by atoms with Gasteiger partial charge in [-0.2, -0.15) is 0 Å². The minimum absolute atomic E-state index is 0.676. The van der Waals surface area contributed by atoms with Crippen LogP contribution in [0.2, 0.25) is 0 Å². The van der Waals surface area contributed by atoms with E-state index in [0.29, 0.717) is 5.92 Å². The summed E-state index contributed by atoms with van der Waals surface area (Å²) in [5.41, 5.74) is 1.47. The molecule has 0 spiro atoms. The molecule has 0 heterocycles. The molecule has 1 aliphatic carbocycles. The molecule has 1 heteroatoms. The van der Waals surface area contributed by atoms with Gasteiger partial charge in [0.2, 0.25) is 0 Å². The molecule has 0 nitrogen and oxygen atoms in total. The van der Waals surface area contributed by atoms with Crippen LogP contribution in [-0.2, 0) is 0 Å². The summed E-state index contributed by atoms with van der Waals surface area (Å²) < 4.78 is 1.52. The number of hydrogen-bond acceptors (Lipinski definition) is 0. The highest BCUT2D eigenvalue weighted by atomic mass is 127. The largest absolute Gasteiger partial charge is 0.0746 e. The van der Waals surface area contributed by atoms with Gasteiger partial charge in [0, 0.05) is 5.92 Å². The van der Waals surface area contributed by atoms with Crippen molar-refractivity contribution in [3.05, 3.63) is 45.6 Å². The number of hydrogen-bond donors (Lipinski definition) is 0. The summed E-state index contributed by atoms with van der Waals surface area (Å²) in [6.45, 7) is 0. The highest BCUT2D eigenvalue weighted by Gasteiger charge is 2.16. The van der Waals surface area contributed by atoms with Crippen LogP contribution in [0.3, 0.4) is 0 Å². The SMILES string of the molecule is IC1=CCCCC1c1ccccc1. The first-order valence-electron chi connectivity index (χ1n) is 4.78. The monoisotopic (exact) mass is 284 g/mol. The van der Waals surface area contributed by atoms with E-state index in [1.165, 1.54) is 28.4 Å². The molecule has 0 saturated carbocycles. The summed E-state index contributed by atoms with van der Waals surface area (Å²) in [5.74, 6) is 0.676. The molecular weight excluding hydrogens is 271 g/mol. The minimum Gasteiger partial charge on any atom is -0.0746 e. The van der Waals surface area contributed by atoms with E-state index in [4.69, 9.17) is 0 Å². The first-order chi connectivity index (χ1) is 6.38. The van der Waals surface area contributed by atoms with E-state index >= 15 is 0 Å². The first-order valence-corrected chi connectivity index (χ1v) is 5.86. The van der Waals surface area contributed by atoms with Crippen LogP contribution in [0.25, 0.3) is 0 Å². The average molecular weight is 284 g/mol. The zero-order chi connectivity index (χ0) is 9.10. The highest BCUT2D eigenvalue weighted by molar-refractivity contribution is 14.1. The van der Waals surface area contributed by atoms with Gasteiger partial charge in [0.25, 0.3) is 0 Å². The van der Waals surface area contributed by atoms with Crippen LogP contribution in [0, 0.1) is 0 Å². The lowest BCUT2D eigenvalue weighted by atomic mass is 9.89. The van der Waals surface area contributed by atoms with Crippen LogP contribution >= 0.6 is 22.6 Å². The summed E-state index contributed by atoms with van der Waals surface area (Å²) >= 11 is 2.48. The Balaban J connectivity index is 2.26. The fourth-order valence-electron chi connectivity index (χ4n) is 1.85. The molecule has 68 valence electrons. The predicted octanol–water partition coefficient (Wildman–Crippen LogP) is 4.27. The maximum atomic E-state index is 2.48. The second kappa shape index (κ2) is 4.27. The fourth-order valence-corrected chi connectivity index (χ4v) is 2.84. The summed E-state index contributed by atoms with van der Waals surface area (Å²) in [5, 5.41) is 0. The molecule has 0 saturated heterocycles. The zero-order valence-corrected chi connectivity index (χ0v) is 9.70. The molecule has 0 amide bonds. The molecule has 1 unspecified atom stereocenters. The molecule has 1 aromatic carbocycles. The van der Waals surface area contributed by atoms with Crippen LogP contribution in [0.4, 0.5) is 0 Å².